The molecule has 3 rings (SSSR count). The van der Waals surface area contributed by atoms with Crippen LogP contribution in [0.5, 0.6) is 0 Å². The highest BCUT2D eigenvalue weighted by molar-refractivity contribution is 9.10. The normalized spacial score (nSPS) is 17.3. The summed E-state index contributed by atoms with van der Waals surface area (Å²) < 4.78 is 0.845. The third-order valence-corrected chi connectivity index (χ3v) is 5.36. The first-order chi connectivity index (χ1) is 10.0. The van der Waals surface area contributed by atoms with Crippen LogP contribution in [-0.2, 0) is 11.2 Å². The van der Waals surface area contributed by atoms with Gasteiger partial charge in [-0.2, -0.15) is 0 Å². The molecule has 1 unspecified atom stereocenters. The van der Waals surface area contributed by atoms with Gasteiger partial charge in [0.1, 0.15) is 5.92 Å². The number of aliphatic carboxylic acids is 1. The van der Waals surface area contributed by atoms with Crippen LogP contribution in [0.3, 0.4) is 0 Å². The minimum Gasteiger partial charge on any atom is -0.481 e. The smallest absolute Gasteiger partial charge is 0.312 e. The van der Waals surface area contributed by atoms with E-state index in [9.17, 15) is 9.90 Å². The highest BCUT2D eigenvalue weighted by atomic mass is 79.9. The molecule has 0 aliphatic heterocycles. The molecule has 0 radical (unpaired) electrons. The summed E-state index contributed by atoms with van der Waals surface area (Å²) in [6, 6.07) is 5.46. The van der Waals surface area contributed by atoms with Crippen molar-refractivity contribution in [2.75, 3.05) is 5.32 Å². The number of thiazole rings is 1. The number of carboxylic acids is 1. The fourth-order valence-electron chi connectivity index (χ4n) is 2.42. The van der Waals surface area contributed by atoms with Crippen molar-refractivity contribution < 1.29 is 9.90 Å². The van der Waals surface area contributed by atoms with E-state index < -0.39 is 11.9 Å². The second-order valence-electron chi connectivity index (χ2n) is 4.86. The number of hydrogen-bond donors (Lipinski definition) is 2. The minimum absolute atomic E-state index is 0.478. The molecule has 2 N–H and O–H groups in total. The van der Waals surface area contributed by atoms with Crippen molar-refractivity contribution in [1.29, 1.82) is 0 Å². The molecule has 1 aliphatic carbocycles. The summed E-state index contributed by atoms with van der Waals surface area (Å²) in [4.78, 5) is 16.9. The first-order valence-corrected chi connectivity index (χ1v) is 8.48. The van der Waals surface area contributed by atoms with E-state index in [-0.39, 0.29) is 0 Å². The lowest BCUT2D eigenvalue weighted by Gasteiger charge is -2.16. The topological polar surface area (TPSA) is 62.2 Å². The van der Waals surface area contributed by atoms with E-state index in [4.69, 9.17) is 11.6 Å². The number of aromatic nitrogens is 1. The molecule has 1 aliphatic rings. The van der Waals surface area contributed by atoms with E-state index >= 15 is 0 Å². The predicted molar refractivity (Wildman–Crippen MR) is 87.9 cm³/mol. The molecule has 110 valence electrons. The van der Waals surface area contributed by atoms with Crippen molar-refractivity contribution in [2.24, 2.45) is 0 Å². The van der Waals surface area contributed by atoms with Crippen LogP contribution in [0, 0.1) is 0 Å². The molecule has 0 spiro atoms. The number of aryl methyl sites for hydroxylation is 1. The summed E-state index contributed by atoms with van der Waals surface area (Å²) in [5.41, 5.74) is 1.57. The average molecular weight is 388 g/mol. The number of halogens is 2. The van der Waals surface area contributed by atoms with Crippen LogP contribution in [0.2, 0.25) is 5.02 Å². The standard InChI is InChI=1S/C14H12BrClN2O2S/c15-9-6-7(16)4-5-10(9)17-14-18-12-8(13(19)20)2-1-3-11(12)21-14/h4-6,8H,1-3H2,(H,17,18)(H,19,20). The van der Waals surface area contributed by atoms with Gasteiger partial charge >= 0.3 is 5.97 Å². The van der Waals surface area contributed by atoms with E-state index in [1.54, 1.807) is 12.1 Å². The zero-order valence-electron chi connectivity index (χ0n) is 10.9. The molecule has 1 aromatic carbocycles. The number of nitrogens with zero attached hydrogens (tertiary/aromatic N) is 1. The molecule has 4 nitrogen and oxygen atoms in total. The Bertz CT molecular complexity index is 704. The third-order valence-electron chi connectivity index (χ3n) is 3.43. The zero-order chi connectivity index (χ0) is 15.0. The van der Waals surface area contributed by atoms with E-state index in [0.29, 0.717) is 17.1 Å². The lowest BCUT2D eigenvalue weighted by atomic mass is 9.91. The van der Waals surface area contributed by atoms with Gasteiger partial charge in [-0.15, -0.1) is 11.3 Å². The first kappa shape index (κ1) is 14.8. The fraction of sp³-hybridized carbons (Fsp3) is 0.286. The van der Waals surface area contributed by atoms with Crippen LogP contribution in [-0.4, -0.2) is 16.1 Å². The van der Waals surface area contributed by atoms with Crippen molar-refractivity contribution in [1.82, 2.24) is 4.98 Å². The van der Waals surface area contributed by atoms with Crippen molar-refractivity contribution >= 4 is 55.7 Å². The Balaban J connectivity index is 1.89. The van der Waals surface area contributed by atoms with Gasteiger partial charge in [-0.25, -0.2) is 4.98 Å². The number of carboxylic acid groups (broad SMARTS) is 1. The fourth-order valence-corrected chi connectivity index (χ4v) is 4.28. The maximum atomic E-state index is 11.3. The Morgan fingerprint density at radius 3 is 3.05 bits per heavy atom. The van der Waals surface area contributed by atoms with Crippen LogP contribution in [0.4, 0.5) is 10.8 Å². The lowest BCUT2D eigenvalue weighted by Crippen LogP contribution is -2.17. The molecule has 1 aromatic heterocycles. The molecule has 1 atom stereocenters. The van der Waals surface area contributed by atoms with Crippen molar-refractivity contribution in [3.8, 4) is 0 Å². The van der Waals surface area contributed by atoms with Gasteiger partial charge in [0.05, 0.1) is 11.4 Å². The minimum atomic E-state index is -0.791. The molecule has 2 aromatic rings. The maximum Gasteiger partial charge on any atom is 0.312 e. The van der Waals surface area contributed by atoms with Crippen LogP contribution < -0.4 is 5.32 Å². The van der Waals surface area contributed by atoms with Gasteiger partial charge < -0.3 is 10.4 Å². The zero-order valence-corrected chi connectivity index (χ0v) is 14.1. The molecule has 0 amide bonds. The van der Waals surface area contributed by atoms with Gasteiger partial charge in [0.25, 0.3) is 0 Å². The van der Waals surface area contributed by atoms with Crippen LogP contribution in [0.1, 0.15) is 29.3 Å². The van der Waals surface area contributed by atoms with Crippen LogP contribution >= 0.6 is 38.9 Å². The van der Waals surface area contributed by atoms with Gasteiger partial charge in [0.15, 0.2) is 5.13 Å². The van der Waals surface area contributed by atoms with Crippen molar-refractivity contribution in [3.05, 3.63) is 38.3 Å². The summed E-state index contributed by atoms with van der Waals surface area (Å²) >= 11 is 10.9. The Labute approximate surface area is 139 Å². The molecule has 7 heteroatoms. The Morgan fingerprint density at radius 2 is 2.33 bits per heavy atom. The third kappa shape index (κ3) is 3.07. The number of fused-ring (bicyclic) bond motifs is 1. The van der Waals surface area contributed by atoms with E-state index in [2.05, 4.69) is 26.2 Å². The van der Waals surface area contributed by atoms with Gasteiger partial charge in [-0.05, 0) is 53.4 Å². The van der Waals surface area contributed by atoms with E-state index in [1.807, 2.05) is 6.07 Å². The van der Waals surface area contributed by atoms with Crippen molar-refractivity contribution in [2.45, 2.75) is 25.2 Å². The summed E-state index contributed by atoms with van der Waals surface area (Å²) in [7, 11) is 0. The molecule has 1 heterocycles. The average Bonchev–Trinajstić information content (AvgIpc) is 2.83. The monoisotopic (exact) mass is 386 g/mol. The molecule has 0 fully saturated rings. The first-order valence-electron chi connectivity index (χ1n) is 6.49. The van der Waals surface area contributed by atoms with Gasteiger partial charge in [-0.3, -0.25) is 4.79 Å². The van der Waals surface area contributed by atoms with E-state index in [1.165, 1.54) is 11.3 Å². The number of benzene rings is 1. The summed E-state index contributed by atoms with van der Waals surface area (Å²) in [6.07, 6.45) is 2.46. The van der Waals surface area contributed by atoms with Crippen LogP contribution in [0.25, 0.3) is 0 Å². The van der Waals surface area contributed by atoms with Crippen molar-refractivity contribution in [3.63, 3.8) is 0 Å². The number of nitrogens with one attached hydrogen (secondary N) is 1. The highest BCUT2D eigenvalue weighted by Crippen LogP contribution is 2.38. The largest absolute Gasteiger partial charge is 0.481 e. The number of hydrogen-bond acceptors (Lipinski definition) is 4. The molecular weight excluding hydrogens is 376 g/mol. The second kappa shape index (κ2) is 5.94. The van der Waals surface area contributed by atoms with E-state index in [0.717, 1.165) is 33.0 Å². The van der Waals surface area contributed by atoms with Gasteiger partial charge in [0.2, 0.25) is 0 Å². The quantitative estimate of drug-likeness (QED) is 0.793. The Kier molecular flexibility index (Phi) is 4.19. The number of carbonyl (C=O) groups is 1. The SMILES string of the molecule is O=C(O)C1CCCc2sc(Nc3ccc(Cl)cc3Br)nc21. The lowest BCUT2D eigenvalue weighted by molar-refractivity contribution is -0.139. The predicted octanol–water partition coefficient (Wildman–Crippen LogP) is 4.81. The number of rotatable bonds is 3. The number of anilines is 2. The highest BCUT2D eigenvalue weighted by Gasteiger charge is 2.30. The second-order valence-corrected chi connectivity index (χ2v) is 7.23. The molecular formula is C14H12BrClN2O2S. The Morgan fingerprint density at radius 1 is 1.52 bits per heavy atom. The molecule has 21 heavy (non-hydrogen) atoms. The summed E-state index contributed by atoms with van der Waals surface area (Å²) in [5.74, 6) is -1.27. The summed E-state index contributed by atoms with van der Waals surface area (Å²) in [5, 5.41) is 13.9. The van der Waals surface area contributed by atoms with Gasteiger partial charge in [0, 0.05) is 14.4 Å². The summed E-state index contributed by atoms with van der Waals surface area (Å²) in [6.45, 7) is 0. The Hall–Kier alpha value is -1.11. The molecule has 0 saturated carbocycles. The van der Waals surface area contributed by atoms with Gasteiger partial charge in [-0.1, -0.05) is 11.6 Å². The maximum absolute atomic E-state index is 11.3. The molecule has 0 bridgehead atoms. The van der Waals surface area contributed by atoms with Crippen LogP contribution in [0.15, 0.2) is 22.7 Å². The molecule has 0 saturated heterocycles.